The Morgan fingerprint density at radius 1 is 0.929 bits per heavy atom. The van der Waals surface area contributed by atoms with Gasteiger partial charge in [-0.15, -0.1) is 0 Å². The number of amides is 2. The average Bonchev–Trinajstić information content (AvgIpc) is 2.73. The predicted molar refractivity (Wildman–Crippen MR) is 102 cm³/mol. The van der Waals surface area contributed by atoms with Crippen molar-refractivity contribution in [3.63, 3.8) is 0 Å². The lowest BCUT2D eigenvalue weighted by Gasteiger charge is -2.34. The maximum Gasteiger partial charge on any atom is 0.260 e. The number of ether oxygens (including phenoxy) is 1. The molecule has 0 spiro atoms. The Kier molecular flexibility index (Phi) is 5.96. The molecule has 148 valence electrons. The van der Waals surface area contributed by atoms with E-state index in [-0.39, 0.29) is 54.9 Å². The summed E-state index contributed by atoms with van der Waals surface area (Å²) in [5.41, 5.74) is 5.49. The molecule has 0 saturated carbocycles. The Hall–Kier alpha value is -2.91. The highest BCUT2D eigenvalue weighted by Gasteiger charge is 2.30. The number of nitrogens with zero attached hydrogens (tertiary/aromatic N) is 2. The second-order valence-corrected chi connectivity index (χ2v) is 8.18. The van der Waals surface area contributed by atoms with Crippen LogP contribution in [0.4, 0.5) is 0 Å². The largest absolute Gasteiger partial charge is 0.483 e. The average molecular weight is 403 g/mol. The Bertz CT molecular complexity index is 955. The Morgan fingerprint density at radius 3 is 2.18 bits per heavy atom. The van der Waals surface area contributed by atoms with E-state index in [1.807, 2.05) is 0 Å². The SMILES string of the molecule is NC(=O)c1ccccc1OCC(=O)N1CCN(S(=O)(=O)c2ccccc2)CC1. The van der Waals surface area contributed by atoms with Gasteiger partial charge in [0.25, 0.3) is 11.8 Å². The van der Waals surface area contributed by atoms with Crippen molar-refractivity contribution >= 4 is 21.8 Å². The normalized spacial score (nSPS) is 15.2. The Labute approximate surface area is 163 Å². The minimum Gasteiger partial charge on any atom is -0.483 e. The molecule has 0 aliphatic carbocycles. The first-order valence-electron chi connectivity index (χ1n) is 8.74. The molecule has 1 saturated heterocycles. The van der Waals surface area contributed by atoms with Crippen LogP contribution in [0.5, 0.6) is 5.75 Å². The monoisotopic (exact) mass is 403 g/mol. The van der Waals surface area contributed by atoms with E-state index in [2.05, 4.69) is 0 Å². The number of benzene rings is 2. The van der Waals surface area contributed by atoms with Crippen molar-refractivity contribution in [3.8, 4) is 5.75 Å². The molecule has 0 aromatic heterocycles. The van der Waals surface area contributed by atoms with E-state index < -0.39 is 15.9 Å². The quantitative estimate of drug-likeness (QED) is 0.763. The molecule has 0 bridgehead atoms. The van der Waals surface area contributed by atoms with E-state index >= 15 is 0 Å². The van der Waals surface area contributed by atoms with Gasteiger partial charge in [0.05, 0.1) is 10.5 Å². The molecule has 8 nitrogen and oxygen atoms in total. The van der Waals surface area contributed by atoms with Gasteiger partial charge in [0.15, 0.2) is 6.61 Å². The summed E-state index contributed by atoms with van der Waals surface area (Å²) in [6, 6.07) is 14.6. The van der Waals surface area contributed by atoms with Crippen molar-refractivity contribution in [2.24, 2.45) is 5.73 Å². The fraction of sp³-hybridized carbons (Fsp3) is 0.263. The van der Waals surface area contributed by atoms with Crippen LogP contribution in [-0.2, 0) is 14.8 Å². The van der Waals surface area contributed by atoms with Gasteiger partial charge in [-0.2, -0.15) is 4.31 Å². The predicted octanol–water partition coefficient (Wildman–Crippen LogP) is 0.697. The number of nitrogens with two attached hydrogens (primary N) is 1. The number of para-hydroxylation sites is 1. The summed E-state index contributed by atoms with van der Waals surface area (Å²) < 4.78 is 32.1. The Balaban J connectivity index is 1.57. The van der Waals surface area contributed by atoms with Gasteiger partial charge in [0.2, 0.25) is 10.0 Å². The van der Waals surface area contributed by atoms with E-state index in [0.717, 1.165) is 0 Å². The van der Waals surface area contributed by atoms with Crippen LogP contribution in [0, 0.1) is 0 Å². The van der Waals surface area contributed by atoms with Crippen molar-refractivity contribution in [1.29, 1.82) is 0 Å². The van der Waals surface area contributed by atoms with Crippen molar-refractivity contribution in [2.75, 3.05) is 32.8 Å². The summed E-state index contributed by atoms with van der Waals surface area (Å²) >= 11 is 0. The van der Waals surface area contributed by atoms with Gasteiger partial charge in [0, 0.05) is 26.2 Å². The van der Waals surface area contributed by atoms with Crippen molar-refractivity contribution in [3.05, 3.63) is 60.2 Å². The zero-order valence-electron chi connectivity index (χ0n) is 15.2. The van der Waals surface area contributed by atoms with Crippen molar-refractivity contribution < 1.29 is 22.7 Å². The van der Waals surface area contributed by atoms with E-state index in [0.29, 0.717) is 0 Å². The van der Waals surface area contributed by atoms with Crippen LogP contribution in [0.15, 0.2) is 59.5 Å². The second kappa shape index (κ2) is 8.41. The van der Waals surface area contributed by atoms with Crippen LogP contribution in [0.1, 0.15) is 10.4 Å². The highest BCUT2D eigenvalue weighted by Crippen LogP contribution is 2.19. The molecule has 1 fully saturated rings. The maximum absolute atomic E-state index is 12.6. The van der Waals surface area contributed by atoms with Gasteiger partial charge in [-0.05, 0) is 24.3 Å². The fourth-order valence-electron chi connectivity index (χ4n) is 2.95. The zero-order chi connectivity index (χ0) is 20.1. The number of hydrogen-bond acceptors (Lipinski definition) is 5. The molecule has 3 rings (SSSR count). The summed E-state index contributed by atoms with van der Waals surface area (Å²) in [7, 11) is -3.57. The van der Waals surface area contributed by atoms with Gasteiger partial charge >= 0.3 is 0 Å². The Morgan fingerprint density at radius 2 is 1.54 bits per heavy atom. The molecule has 2 aromatic rings. The van der Waals surface area contributed by atoms with E-state index in [9.17, 15) is 18.0 Å². The van der Waals surface area contributed by atoms with Gasteiger partial charge < -0.3 is 15.4 Å². The second-order valence-electron chi connectivity index (χ2n) is 6.25. The molecule has 1 heterocycles. The summed E-state index contributed by atoms with van der Waals surface area (Å²) in [6.45, 7) is 0.703. The summed E-state index contributed by atoms with van der Waals surface area (Å²) in [5, 5.41) is 0. The molecule has 28 heavy (non-hydrogen) atoms. The number of piperazine rings is 1. The van der Waals surface area contributed by atoms with E-state index in [1.165, 1.54) is 10.4 Å². The molecule has 0 atom stereocenters. The van der Waals surface area contributed by atoms with E-state index in [1.54, 1.807) is 53.4 Å². The third-order valence-electron chi connectivity index (χ3n) is 4.48. The fourth-order valence-corrected chi connectivity index (χ4v) is 4.39. The number of hydrogen-bond donors (Lipinski definition) is 1. The van der Waals surface area contributed by atoms with Gasteiger partial charge in [-0.3, -0.25) is 9.59 Å². The van der Waals surface area contributed by atoms with Crippen LogP contribution >= 0.6 is 0 Å². The maximum atomic E-state index is 12.6. The van der Waals surface area contributed by atoms with Crippen LogP contribution in [-0.4, -0.2) is 62.2 Å². The molecular formula is C19H21N3O5S. The third kappa shape index (κ3) is 4.32. The van der Waals surface area contributed by atoms with Crippen LogP contribution in [0.3, 0.4) is 0 Å². The molecule has 2 aromatic carbocycles. The number of carbonyl (C=O) groups is 2. The molecule has 2 N–H and O–H groups in total. The minimum atomic E-state index is -3.57. The summed E-state index contributed by atoms with van der Waals surface area (Å²) in [5.74, 6) is -0.674. The third-order valence-corrected chi connectivity index (χ3v) is 6.39. The zero-order valence-corrected chi connectivity index (χ0v) is 16.0. The summed E-state index contributed by atoms with van der Waals surface area (Å²) in [4.78, 5) is 25.6. The molecule has 2 amide bonds. The van der Waals surface area contributed by atoms with E-state index in [4.69, 9.17) is 10.5 Å². The molecule has 1 aliphatic heterocycles. The molecule has 0 unspecified atom stereocenters. The number of carbonyl (C=O) groups excluding carboxylic acids is 2. The van der Waals surface area contributed by atoms with Gasteiger partial charge in [0.1, 0.15) is 5.75 Å². The first-order valence-corrected chi connectivity index (χ1v) is 10.2. The smallest absolute Gasteiger partial charge is 0.260 e. The van der Waals surface area contributed by atoms with Crippen LogP contribution in [0.25, 0.3) is 0 Å². The number of primary amides is 1. The first kappa shape index (κ1) is 19.8. The molecule has 1 aliphatic rings. The van der Waals surface area contributed by atoms with Gasteiger partial charge in [-0.25, -0.2) is 8.42 Å². The molecular weight excluding hydrogens is 382 g/mol. The molecule has 9 heteroatoms. The van der Waals surface area contributed by atoms with Gasteiger partial charge in [-0.1, -0.05) is 30.3 Å². The first-order chi connectivity index (χ1) is 13.4. The van der Waals surface area contributed by atoms with Crippen LogP contribution in [0.2, 0.25) is 0 Å². The van der Waals surface area contributed by atoms with Crippen LogP contribution < -0.4 is 10.5 Å². The molecule has 0 radical (unpaired) electrons. The summed E-state index contributed by atoms with van der Waals surface area (Å²) in [6.07, 6.45) is 0. The van der Waals surface area contributed by atoms with Crippen molar-refractivity contribution in [1.82, 2.24) is 9.21 Å². The highest BCUT2D eigenvalue weighted by molar-refractivity contribution is 7.89. The standard InChI is InChI=1S/C19H21N3O5S/c20-19(24)16-8-4-5-9-17(16)27-14-18(23)21-10-12-22(13-11-21)28(25,26)15-6-2-1-3-7-15/h1-9H,10-14H2,(H2,20,24). The lowest BCUT2D eigenvalue weighted by atomic mass is 10.2. The topological polar surface area (TPSA) is 110 Å². The number of sulfonamides is 1. The van der Waals surface area contributed by atoms with Crippen molar-refractivity contribution in [2.45, 2.75) is 4.90 Å². The number of rotatable bonds is 6. The lowest BCUT2D eigenvalue weighted by Crippen LogP contribution is -2.51. The lowest BCUT2D eigenvalue weighted by molar-refractivity contribution is -0.134. The minimum absolute atomic E-state index is 0.203. The highest BCUT2D eigenvalue weighted by atomic mass is 32.2.